The Labute approximate surface area is 163 Å². The number of anilines is 2. The highest BCUT2D eigenvalue weighted by Gasteiger charge is 2.23. The summed E-state index contributed by atoms with van der Waals surface area (Å²) in [6, 6.07) is 8.08. The van der Waals surface area contributed by atoms with Gasteiger partial charge in [-0.25, -0.2) is 4.68 Å². The molecular formula is C20H26N6O2. The van der Waals surface area contributed by atoms with Crippen molar-refractivity contribution in [2.24, 2.45) is 0 Å². The molecule has 1 N–H and O–H groups in total. The van der Waals surface area contributed by atoms with Gasteiger partial charge in [0.15, 0.2) is 5.65 Å². The number of hydrogen-bond acceptors (Lipinski definition) is 6. The van der Waals surface area contributed by atoms with Gasteiger partial charge < -0.3 is 14.5 Å². The average molecular weight is 382 g/mol. The third-order valence-corrected chi connectivity index (χ3v) is 5.06. The molecule has 3 aromatic rings. The first-order valence-electron chi connectivity index (χ1n) is 9.49. The number of fused-ring (bicyclic) bond motifs is 1. The molecule has 0 aliphatic carbocycles. The number of rotatable bonds is 3. The first-order valence-corrected chi connectivity index (χ1v) is 9.49. The van der Waals surface area contributed by atoms with Gasteiger partial charge in [0.05, 0.1) is 18.8 Å². The van der Waals surface area contributed by atoms with E-state index in [1.54, 1.807) is 13.3 Å². The number of piperazine rings is 1. The third-order valence-electron chi connectivity index (χ3n) is 5.06. The van der Waals surface area contributed by atoms with Gasteiger partial charge in [-0.3, -0.25) is 9.78 Å². The Morgan fingerprint density at radius 2 is 1.82 bits per heavy atom. The van der Waals surface area contributed by atoms with E-state index in [1.807, 2.05) is 22.9 Å². The molecular weight excluding hydrogens is 356 g/mol. The van der Waals surface area contributed by atoms with Gasteiger partial charge in [0, 0.05) is 37.9 Å². The quantitative estimate of drug-likeness (QED) is 0.748. The Morgan fingerprint density at radius 3 is 2.50 bits per heavy atom. The summed E-state index contributed by atoms with van der Waals surface area (Å²) in [5.41, 5.74) is 1.37. The Kier molecular flexibility index (Phi) is 4.49. The first-order chi connectivity index (χ1) is 13.4. The largest absolute Gasteiger partial charge is 0.497 e. The van der Waals surface area contributed by atoms with Crippen LogP contribution in [0.5, 0.6) is 5.75 Å². The van der Waals surface area contributed by atoms with Gasteiger partial charge in [0.2, 0.25) is 5.95 Å². The summed E-state index contributed by atoms with van der Waals surface area (Å²) >= 11 is 0. The van der Waals surface area contributed by atoms with Crippen LogP contribution in [-0.2, 0) is 5.54 Å². The van der Waals surface area contributed by atoms with Gasteiger partial charge in [0.1, 0.15) is 11.1 Å². The lowest BCUT2D eigenvalue weighted by molar-refractivity contribution is 0.366. The van der Waals surface area contributed by atoms with Crippen LogP contribution in [0.1, 0.15) is 20.8 Å². The molecule has 1 aliphatic heterocycles. The first kappa shape index (κ1) is 18.3. The molecule has 0 amide bonds. The zero-order chi connectivity index (χ0) is 19.9. The van der Waals surface area contributed by atoms with Crippen LogP contribution in [0.2, 0.25) is 0 Å². The second kappa shape index (κ2) is 6.85. The number of nitrogens with zero attached hydrogens (tertiary/aromatic N) is 5. The van der Waals surface area contributed by atoms with Crippen LogP contribution in [0, 0.1) is 0 Å². The standard InChI is InChI=1S/C20H26N6O2/c1-20(2,3)26-17-16(13-21-26)18(27)23-19(22-17)25-10-8-24(9-11-25)14-6-5-7-15(12-14)28-4/h5-7,12-13H,8-11H2,1-4H3,(H,22,23,27). The van der Waals surface area contributed by atoms with Crippen molar-refractivity contribution < 1.29 is 4.74 Å². The molecule has 8 heteroatoms. The number of aromatic amines is 1. The fourth-order valence-electron chi connectivity index (χ4n) is 3.53. The Balaban J connectivity index is 1.57. The summed E-state index contributed by atoms with van der Waals surface area (Å²) in [4.78, 5) is 24.6. The lowest BCUT2D eigenvalue weighted by Gasteiger charge is -2.36. The van der Waals surface area contributed by atoms with E-state index in [4.69, 9.17) is 9.72 Å². The van der Waals surface area contributed by atoms with Gasteiger partial charge in [-0.15, -0.1) is 0 Å². The Bertz CT molecular complexity index is 1040. The molecule has 148 valence electrons. The fourth-order valence-corrected chi connectivity index (χ4v) is 3.53. The van der Waals surface area contributed by atoms with Crippen molar-refractivity contribution in [1.29, 1.82) is 0 Å². The van der Waals surface area contributed by atoms with Gasteiger partial charge in [0.25, 0.3) is 5.56 Å². The lowest BCUT2D eigenvalue weighted by Crippen LogP contribution is -2.47. The van der Waals surface area contributed by atoms with Crippen LogP contribution >= 0.6 is 0 Å². The minimum Gasteiger partial charge on any atom is -0.497 e. The molecule has 8 nitrogen and oxygen atoms in total. The Hall–Kier alpha value is -3.03. The van der Waals surface area contributed by atoms with Crippen LogP contribution in [0.15, 0.2) is 35.3 Å². The molecule has 2 aromatic heterocycles. The molecule has 0 atom stereocenters. The molecule has 4 rings (SSSR count). The highest BCUT2D eigenvalue weighted by Crippen LogP contribution is 2.24. The van der Waals surface area contributed by atoms with Crippen molar-refractivity contribution >= 4 is 22.7 Å². The van der Waals surface area contributed by atoms with Crippen LogP contribution in [-0.4, -0.2) is 53.0 Å². The van der Waals surface area contributed by atoms with Gasteiger partial charge in [-0.2, -0.15) is 10.1 Å². The summed E-state index contributed by atoms with van der Waals surface area (Å²) in [5, 5.41) is 4.90. The van der Waals surface area contributed by atoms with E-state index in [-0.39, 0.29) is 11.1 Å². The summed E-state index contributed by atoms with van der Waals surface area (Å²) in [5.74, 6) is 1.46. The van der Waals surface area contributed by atoms with E-state index in [0.717, 1.165) is 37.6 Å². The van der Waals surface area contributed by atoms with Crippen molar-refractivity contribution in [3.8, 4) is 5.75 Å². The zero-order valence-electron chi connectivity index (χ0n) is 16.8. The molecule has 0 bridgehead atoms. The molecule has 3 heterocycles. The Morgan fingerprint density at radius 1 is 1.11 bits per heavy atom. The molecule has 0 saturated carbocycles. The normalized spacial score (nSPS) is 15.3. The minimum atomic E-state index is -0.245. The van der Waals surface area contributed by atoms with Crippen LogP contribution < -0.4 is 20.1 Å². The molecule has 1 fully saturated rings. The molecule has 1 aromatic carbocycles. The molecule has 0 spiro atoms. The number of H-pyrrole nitrogens is 1. The third kappa shape index (κ3) is 3.30. The molecule has 1 aliphatic rings. The van der Waals surface area contributed by atoms with Crippen molar-refractivity contribution in [1.82, 2.24) is 19.7 Å². The second-order valence-electron chi connectivity index (χ2n) is 8.03. The summed E-state index contributed by atoms with van der Waals surface area (Å²) < 4.78 is 7.14. The topological polar surface area (TPSA) is 79.3 Å². The predicted octanol–water partition coefficient (Wildman–Crippen LogP) is 2.21. The fraction of sp³-hybridized carbons (Fsp3) is 0.450. The van der Waals surface area contributed by atoms with Crippen LogP contribution in [0.25, 0.3) is 11.0 Å². The number of benzene rings is 1. The number of hydrogen-bond donors (Lipinski definition) is 1. The number of nitrogens with one attached hydrogen (secondary N) is 1. The van der Waals surface area contributed by atoms with Crippen LogP contribution in [0.3, 0.4) is 0 Å². The zero-order valence-corrected chi connectivity index (χ0v) is 16.8. The summed E-state index contributed by atoms with van der Waals surface area (Å²) in [6.07, 6.45) is 1.59. The van der Waals surface area contributed by atoms with Crippen molar-refractivity contribution in [3.63, 3.8) is 0 Å². The average Bonchev–Trinajstić information content (AvgIpc) is 3.13. The van der Waals surface area contributed by atoms with Crippen molar-refractivity contribution in [2.45, 2.75) is 26.3 Å². The summed E-state index contributed by atoms with van der Waals surface area (Å²) in [6.45, 7) is 9.38. The number of ether oxygens (including phenoxy) is 1. The SMILES string of the molecule is COc1cccc(N2CCN(c3nc4c(cnn4C(C)(C)C)c(=O)[nH]3)CC2)c1. The van der Waals surface area contributed by atoms with E-state index in [2.05, 4.69) is 46.7 Å². The maximum absolute atomic E-state index is 12.5. The molecule has 28 heavy (non-hydrogen) atoms. The molecule has 0 unspecified atom stereocenters. The van der Waals surface area contributed by atoms with E-state index in [0.29, 0.717) is 17.0 Å². The van der Waals surface area contributed by atoms with Gasteiger partial charge >= 0.3 is 0 Å². The van der Waals surface area contributed by atoms with E-state index in [1.165, 1.54) is 0 Å². The number of aromatic nitrogens is 4. The van der Waals surface area contributed by atoms with Gasteiger partial charge in [-0.1, -0.05) is 6.07 Å². The highest BCUT2D eigenvalue weighted by molar-refractivity contribution is 5.74. The second-order valence-corrected chi connectivity index (χ2v) is 8.03. The smallest absolute Gasteiger partial charge is 0.263 e. The van der Waals surface area contributed by atoms with Crippen molar-refractivity contribution in [3.05, 3.63) is 40.8 Å². The molecule has 1 saturated heterocycles. The maximum Gasteiger partial charge on any atom is 0.263 e. The molecule has 0 radical (unpaired) electrons. The lowest BCUT2D eigenvalue weighted by atomic mass is 10.1. The van der Waals surface area contributed by atoms with E-state index in [9.17, 15) is 4.79 Å². The predicted molar refractivity (Wildman–Crippen MR) is 111 cm³/mol. The highest BCUT2D eigenvalue weighted by atomic mass is 16.5. The maximum atomic E-state index is 12.5. The summed E-state index contributed by atoms with van der Waals surface area (Å²) in [7, 11) is 1.68. The van der Waals surface area contributed by atoms with Crippen LogP contribution in [0.4, 0.5) is 11.6 Å². The van der Waals surface area contributed by atoms with Gasteiger partial charge in [-0.05, 0) is 32.9 Å². The van der Waals surface area contributed by atoms with E-state index < -0.39 is 0 Å². The van der Waals surface area contributed by atoms with E-state index >= 15 is 0 Å². The minimum absolute atomic E-state index is 0.147. The number of methoxy groups -OCH3 is 1. The van der Waals surface area contributed by atoms with Crippen molar-refractivity contribution in [2.75, 3.05) is 43.1 Å². The monoisotopic (exact) mass is 382 g/mol.